The molecule has 19 heavy (non-hydrogen) atoms. The van der Waals surface area contributed by atoms with E-state index in [0.717, 1.165) is 26.1 Å². The largest absolute Gasteiger partial charge is 0.454 e. The molecule has 0 atom stereocenters. The van der Waals surface area contributed by atoms with Gasteiger partial charge in [-0.1, -0.05) is 11.6 Å². The van der Waals surface area contributed by atoms with Crippen LogP contribution in [0.2, 0.25) is 5.02 Å². The summed E-state index contributed by atoms with van der Waals surface area (Å²) in [5.41, 5.74) is 1.82. The number of benzene rings is 1. The maximum Gasteiger partial charge on any atom is 0.164 e. The summed E-state index contributed by atoms with van der Waals surface area (Å²) in [5.74, 6) is 0.892. The van der Waals surface area contributed by atoms with Gasteiger partial charge in [-0.15, -0.1) is 0 Å². The molecule has 0 aliphatic rings. The van der Waals surface area contributed by atoms with Crippen molar-refractivity contribution in [2.45, 2.75) is 6.54 Å². The van der Waals surface area contributed by atoms with Crippen molar-refractivity contribution in [3.8, 4) is 0 Å². The summed E-state index contributed by atoms with van der Waals surface area (Å²) >= 11 is 8.31. The van der Waals surface area contributed by atoms with Crippen molar-refractivity contribution in [1.82, 2.24) is 4.98 Å². The fourth-order valence-corrected chi connectivity index (χ4v) is 2.59. The van der Waals surface area contributed by atoms with E-state index in [2.05, 4.69) is 32.9 Å². The van der Waals surface area contributed by atoms with Gasteiger partial charge in [-0.3, -0.25) is 4.98 Å². The minimum absolute atomic E-state index is 0.621. The van der Waals surface area contributed by atoms with Crippen LogP contribution < -0.4 is 5.32 Å². The van der Waals surface area contributed by atoms with E-state index in [9.17, 15) is 0 Å². The van der Waals surface area contributed by atoms with Gasteiger partial charge >= 0.3 is 0 Å². The van der Waals surface area contributed by atoms with Crippen LogP contribution in [0.3, 0.4) is 0 Å². The Morgan fingerprint density at radius 2 is 2.11 bits per heavy atom. The smallest absolute Gasteiger partial charge is 0.164 e. The molecule has 96 valence electrons. The number of furan rings is 1. The lowest BCUT2D eigenvalue weighted by Crippen LogP contribution is -1.99. The van der Waals surface area contributed by atoms with Crippen molar-refractivity contribution in [1.29, 1.82) is 0 Å². The predicted molar refractivity (Wildman–Crippen MR) is 85.5 cm³/mol. The normalized spacial score (nSPS) is 10.8. The Balaban J connectivity index is 1.91. The molecular weight excluding hydrogens is 375 g/mol. The van der Waals surface area contributed by atoms with Crippen LogP contribution in [-0.4, -0.2) is 4.98 Å². The van der Waals surface area contributed by atoms with Crippen LogP contribution in [0.25, 0.3) is 10.9 Å². The average Bonchev–Trinajstić information content (AvgIpc) is 2.84. The van der Waals surface area contributed by atoms with Gasteiger partial charge in [0.2, 0.25) is 0 Å². The fraction of sp³-hybridized carbons (Fsp3) is 0.0714. The van der Waals surface area contributed by atoms with Gasteiger partial charge in [-0.2, -0.15) is 0 Å². The lowest BCUT2D eigenvalue weighted by Gasteiger charge is -2.08. The zero-order valence-electron chi connectivity index (χ0n) is 9.86. The molecule has 0 saturated carbocycles. The number of hydrogen-bond donors (Lipinski definition) is 1. The Bertz CT molecular complexity index is 726. The van der Waals surface area contributed by atoms with E-state index in [4.69, 9.17) is 16.0 Å². The molecule has 0 spiro atoms. The summed E-state index contributed by atoms with van der Waals surface area (Å²) in [4.78, 5) is 4.38. The quantitative estimate of drug-likeness (QED) is 0.665. The molecule has 0 amide bonds. The number of rotatable bonds is 3. The molecule has 0 fully saturated rings. The maximum atomic E-state index is 6.16. The number of halogens is 2. The van der Waals surface area contributed by atoms with Crippen LogP contribution in [0.15, 0.2) is 47.0 Å². The molecule has 3 rings (SSSR count). The second kappa shape index (κ2) is 5.38. The molecule has 3 aromatic rings. The zero-order valence-corrected chi connectivity index (χ0v) is 12.8. The van der Waals surface area contributed by atoms with Crippen LogP contribution in [-0.2, 0) is 6.54 Å². The van der Waals surface area contributed by atoms with Gasteiger partial charge in [0.1, 0.15) is 5.76 Å². The number of nitrogens with one attached hydrogen (secondary N) is 1. The first-order valence-corrected chi connectivity index (χ1v) is 7.21. The van der Waals surface area contributed by atoms with Gasteiger partial charge in [0.25, 0.3) is 0 Å². The molecule has 1 N–H and O–H groups in total. The molecule has 3 nitrogen and oxygen atoms in total. The van der Waals surface area contributed by atoms with Crippen molar-refractivity contribution < 1.29 is 4.42 Å². The van der Waals surface area contributed by atoms with Gasteiger partial charge in [0, 0.05) is 11.6 Å². The first kappa shape index (κ1) is 12.7. The van der Waals surface area contributed by atoms with Crippen molar-refractivity contribution >= 4 is 50.8 Å². The third-order valence-corrected chi connectivity index (χ3v) is 3.71. The summed E-state index contributed by atoms with van der Waals surface area (Å²) in [6.45, 7) is 0.621. The molecule has 0 aliphatic carbocycles. The number of anilines is 1. The van der Waals surface area contributed by atoms with Gasteiger partial charge in [-0.25, -0.2) is 0 Å². The highest BCUT2D eigenvalue weighted by Crippen LogP contribution is 2.28. The number of hydrogen-bond acceptors (Lipinski definition) is 3. The van der Waals surface area contributed by atoms with Gasteiger partial charge in [-0.05, 0) is 59.0 Å². The topological polar surface area (TPSA) is 38.1 Å². The number of nitrogens with zero attached hydrogens (tertiary/aromatic N) is 1. The molecule has 5 heteroatoms. The zero-order chi connectivity index (χ0) is 13.2. The fourth-order valence-electron chi connectivity index (χ4n) is 1.91. The highest BCUT2D eigenvalue weighted by atomic mass is 127. The van der Waals surface area contributed by atoms with Crippen molar-refractivity contribution in [3.05, 3.63) is 57.1 Å². The van der Waals surface area contributed by atoms with Crippen LogP contribution in [0.4, 0.5) is 5.69 Å². The van der Waals surface area contributed by atoms with E-state index >= 15 is 0 Å². The summed E-state index contributed by atoms with van der Waals surface area (Å²) in [7, 11) is 0. The van der Waals surface area contributed by atoms with E-state index in [0.29, 0.717) is 11.6 Å². The Kier molecular flexibility index (Phi) is 3.61. The van der Waals surface area contributed by atoms with E-state index in [1.165, 1.54) is 0 Å². The minimum atomic E-state index is 0.621. The third kappa shape index (κ3) is 2.69. The molecule has 0 saturated heterocycles. The Labute approximate surface area is 129 Å². The summed E-state index contributed by atoms with van der Waals surface area (Å²) < 4.78 is 6.40. The molecule has 0 aliphatic heterocycles. The molecule has 2 aromatic heterocycles. The predicted octanol–water partition coefficient (Wildman–Crippen LogP) is 4.70. The summed E-state index contributed by atoms with van der Waals surface area (Å²) in [6, 6.07) is 11.6. The Morgan fingerprint density at radius 3 is 2.89 bits per heavy atom. The lowest BCUT2D eigenvalue weighted by atomic mass is 10.2. The first-order valence-electron chi connectivity index (χ1n) is 5.75. The van der Waals surface area contributed by atoms with Crippen molar-refractivity contribution in [2.24, 2.45) is 0 Å². The first-order chi connectivity index (χ1) is 9.24. The van der Waals surface area contributed by atoms with Crippen LogP contribution >= 0.6 is 34.2 Å². The Morgan fingerprint density at radius 1 is 1.21 bits per heavy atom. The molecule has 0 unspecified atom stereocenters. The van der Waals surface area contributed by atoms with E-state index < -0.39 is 0 Å². The standard InChI is InChI=1S/C14H10ClIN2O/c15-11-4-5-12(14-10(11)2-1-7-17-14)18-8-9-3-6-13(16)19-9/h1-7,18H,8H2. The molecule has 2 heterocycles. The summed E-state index contributed by atoms with van der Waals surface area (Å²) in [6.07, 6.45) is 1.76. The molecule has 0 bridgehead atoms. The summed E-state index contributed by atoms with van der Waals surface area (Å²) in [5, 5.41) is 4.98. The lowest BCUT2D eigenvalue weighted by molar-refractivity contribution is 0.493. The number of fused-ring (bicyclic) bond motifs is 1. The highest BCUT2D eigenvalue weighted by molar-refractivity contribution is 14.1. The van der Waals surface area contributed by atoms with Gasteiger partial charge in [0.05, 0.1) is 22.8 Å². The van der Waals surface area contributed by atoms with E-state index in [1.54, 1.807) is 6.20 Å². The second-order valence-electron chi connectivity index (χ2n) is 4.05. The van der Waals surface area contributed by atoms with Crippen molar-refractivity contribution in [3.63, 3.8) is 0 Å². The van der Waals surface area contributed by atoms with Crippen molar-refractivity contribution in [2.75, 3.05) is 5.32 Å². The van der Waals surface area contributed by atoms with Crippen LogP contribution in [0.1, 0.15) is 5.76 Å². The monoisotopic (exact) mass is 384 g/mol. The van der Waals surface area contributed by atoms with E-state index in [1.807, 2.05) is 36.4 Å². The second-order valence-corrected chi connectivity index (χ2v) is 5.52. The molecule has 0 radical (unpaired) electrons. The third-order valence-electron chi connectivity index (χ3n) is 2.80. The minimum Gasteiger partial charge on any atom is -0.454 e. The Hall–Kier alpha value is -1.27. The maximum absolute atomic E-state index is 6.16. The van der Waals surface area contributed by atoms with Crippen LogP contribution in [0.5, 0.6) is 0 Å². The van der Waals surface area contributed by atoms with Gasteiger partial charge < -0.3 is 9.73 Å². The average molecular weight is 385 g/mol. The SMILES string of the molecule is Clc1ccc(NCc2ccc(I)o2)c2ncccc12. The van der Waals surface area contributed by atoms with Gasteiger partial charge in [0.15, 0.2) is 3.77 Å². The van der Waals surface area contributed by atoms with Crippen LogP contribution in [0, 0.1) is 3.77 Å². The molecule has 1 aromatic carbocycles. The number of aromatic nitrogens is 1. The van der Waals surface area contributed by atoms with E-state index in [-0.39, 0.29) is 0 Å². The number of pyridine rings is 1. The highest BCUT2D eigenvalue weighted by Gasteiger charge is 2.06. The molecular formula is C14H10ClIN2O.